The highest BCUT2D eigenvalue weighted by Gasteiger charge is 2.16. The van der Waals surface area contributed by atoms with Gasteiger partial charge in [0, 0.05) is 23.8 Å². The van der Waals surface area contributed by atoms with Gasteiger partial charge in [0.15, 0.2) is 5.65 Å². The molecule has 0 N–H and O–H groups in total. The maximum atomic E-state index is 6.16. The van der Waals surface area contributed by atoms with Crippen LogP contribution < -0.4 is 4.74 Å². The van der Waals surface area contributed by atoms with Gasteiger partial charge >= 0.3 is 0 Å². The number of benzene rings is 1. The predicted octanol–water partition coefficient (Wildman–Crippen LogP) is 5.03. The van der Waals surface area contributed by atoms with E-state index in [-0.39, 0.29) is 6.10 Å². The van der Waals surface area contributed by atoms with Crippen LogP contribution in [0.5, 0.6) is 5.88 Å². The molecule has 0 saturated carbocycles. The van der Waals surface area contributed by atoms with Gasteiger partial charge in [0.1, 0.15) is 11.3 Å². The van der Waals surface area contributed by atoms with Crippen LogP contribution in [0.15, 0.2) is 53.2 Å². The smallest absolute Gasteiger partial charge is 0.232 e. The van der Waals surface area contributed by atoms with E-state index in [2.05, 4.69) is 35.8 Å². The van der Waals surface area contributed by atoms with Crippen molar-refractivity contribution >= 4 is 16.6 Å². The average Bonchev–Trinajstić information content (AvgIpc) is 3.37. The van der Waals surface area contributed by atoms with Crippen LogP contribution in [0.25, 0.3) is 27.9 Å². The van der Waals surface area contributed by atoms with Crippen molar-refractivity contribution in [1.29, 1.82) is 0 Å². The monoisotopic (exact) mass is 392 g/mol. The zero-order valence-corrected chi connectivity index (χ0v) is 17.3. The Bertz CT molecular complexity index is 1050. The first kappa shape index (κ1) is 19.5. The number of fused-ring (bicyclic) bond motifs is 2. The van der Waals surface area contributed by atoms with Gasteiger partial charge < -0.3 is 14.1 Å². The molecule has 0 bridgehead atoms. The minimum Gasteiger partial charge on any atom is -0.474 e. The summed E-state index contributed by atoms with van der Waals surface area (Å²) in [6.07, 6.45) is 5.75. The van der Waals surface area contributed by atoms with Crippen LogP contribution in [0, 0.1) is 0 Å². The Morgan fingerprint density at radius 2 is 2.00 bits per heavy atom. The van der Waals surface area contributed by atoms with E-state index in [0.717, 1.165) is 60.4 Å². The topological polar surface area (TPSA) is 55.8 Å². The Morgan fingerprint density at radius 1 is 1.17 bits per heavy atom. The molecule has 4 rings (SSSR count). The van der Waals surface area contributed by atoms with Crippen molar-refractivity contribution in [2.45, 2.75) is 39.7 Å². The van der Waals surface area contributed by atoms with Gasteiger partial charge in [-0.25, -0.2) is 9.50 Å². The van der Waals surface area contributed by atoms with Crippen molar-refractivity contribution in [2.24, 2.45) is 0 Å². The summed E-state index contributed by atoms with van der Waals surface area (Å²) in [5.74, 6) is 1.35. The molecule has 0 saturated heterocycles. The van der Waals surface area contributed by atoms with E-state index in [4.69, 9.17) is 9.15 Å². The first-order valence-electron chi connectivity index (χ1n) is 10.4. The quantitative estimate of drug-likeness (QED) is 0.400. The largest absolute Gasteiger partial charge is 0.474 e. The Hall–Kier alpha value is -2.86. The number of hydrogen-bond acceptors (Lipinski definition) is 5. The Kier molecular flexibility index (Phi) is 5.81. The molecule has 3 heterocycles. The zero-order valence-electron chi connectivity index (χ0n) is 17.3. The fourth-order valence-electron chi connectivity index (χ4n) is 3.65. The van der Waals surface area contributed by atoms with Crippen molar-refractivity contribution < 1.29 is 9.15 Å². The Balaban J connectivity index is 1.55. The molecule has 1 aromatic carbocycles. The zero-order chi connectivity index (χ0) is 20.2. The lowest BCUT2D eigenvalue weighted by molar-refractivity contribution is 0.186. The van der Waals surface area contributed by atoms with Crippen LogP contribution in [0.3, 0.4) is 0 Å². The third-order valence-electron chi connectivity index (χ3n) is 5.33. The Labute approximate surface area is 171 Å². The molecule has 0 fully saturated rings. The SMILES string of the molecule is CCN(CC)CCCC(C)Oc1cc(-c2cc3ccccc3o2)c2nccn2n1. The average molecular weight is 393 g/mol. The van der Waals surface area contributed by atoms with Gasteiger partial charge in [-0.1, -0.05) is 32.0 Å². The highest BCUT2D eigenvalue weighted by Crippen LogP contribution is 2.32. The highest BCUT2D eigenvalue weighted by atomic mass is 16.5. The molecular formula is C23H28N4O2. The van der Waals surface area contributed by atoms with Crippen molar-refractivity contribution in [2.75, 3.05) is 19.6 Å². The first-order chi connectivity index (χ1) is 14.2. The predicted molar refractivity (Wildman–Crippen MR) is 115 cm³/mol. The van der Waals surface area contributed by atoms with Gasteiger partial charge in [-0.05, 0) is 51.5 Å². The van der Waals surface area contributed by atoms with Crippen molar-refractivity contribution in [1.82, 2.24) is 19.5 Å². The molecule has 0 aliphatic carbocycles. The molecule has 0 aliphatic heterocycles. The van der Waals surface area contributed by atoms with Gasteiger partial charge in [0.25, 0.3) is 0 Å². The number of ether oxygens (including phenoxy) is 1. The maximum Gasteiger partial charge on any atom is 0.232 e. The number of para-hydroxylation sites is 1. The standard InChI is InChI=1S/C23H28N4O2/c1-4-26(5-2)13-8-9-17(3)28-22-16-19(23-24-12-14-27(23)25-22)21-15-18-10-6-7-11-20(18)29-21/h6-7,10-12,14-17H,4-5,8-9,13H2,1-3H3. The summed E-state index contributed by atoms with van der Waals surface area (Å²) in [4.78, 5) is 6.89. The number of aromatic nitrogens is 3. The molecule has 152 valence electrons. The maximum absolute atomic E-state index is 6.16. The van der Waals surface area contributed by atoms with Crippen molar-refractivity contribution in [3.63, 3.8) is 0 Å². The summed E-state index contributed by atoms with van der Waals surface area (Å²) in [7, 11) is 0. The molecule has 3 aromatic heterocycles. The fraction of sp³-hybridized carbons (Fsp3) is 0.391. The molecule has 6 nitrogen and oxygen atoms in total. The minimum atomic E-state index is 0.0857. The number of rotatable bonds is 9. The van der Waals surface area contributed by atoms with Crippen molar-refractivity contribution in [3.05, 3.63) is 48.8 Å². The third kappa shape index (κ3) is 4.27. The summed E-state index contributed by atoms with van der Waals surface area (Å²) in [6.45, 7) is 9.78. The summed E-state index contributed by atoms with van der Waals surface area (Å²) < 4.78 is 14.0. The molecule has 29 heavy (non-hydrogen) atoms. The number of imidazole rings is 1. The Morgan fingerprint density at radius 3 is 2.79 bits per heavy atom. The summed E-state index contributed by atoms with van der Waals surface area (Å²) in [5.41, 5.74) is 2.49. The molecule has 0 spiro atoms. The number of nitrogens with zero attached hydrogens (tertiary/aromatic N) is 4. The first-order valence-corrected chi connectivity index (χ1v) is 10.4. The summed E-state index contributed by atoms with van der Waals surface area (Å²) >= 11 is 0. The molecule has 1 unspecified atom stereocenters. The highest BCUT2D eigenvalue weighted by molar-refractivity contribution is 5.86. The second kappa shape index (κ2) is 8.66. The molecule has 6 heteroatoms. The minimum absolute atomic E-state index is 0.0857. The molecule has 0 amide bonds. The van der Waals surface area contributed by atoms with E-state index in [0.29, 0.717) is 5.88 Å². The van der Waals surface area contributed by atoms with Gasteiger partial charge in [-0.3, -0.25) is 0 Å². The normalized spacial score (nSPS) is 12.8. The van der Waals surface area contributed by atoms with Crippen LogP contribution in [0.2, 0.25) is 0 Å². The van der Waals surface area contributed by atoms with Gasteiger partial charge in [0.2, 0.25) is 5.88 Å². The fourth-order valence-corrected chi connectivity index (χ4v) is 3.65. The van der Waals surface area contributed by atoms with Crippen LogP contribution in [-0.4, -0.2) is 45.2 Å². The lowest BCUT2D eigenvalue weighted by atomic mass is 10.2. The van der Waals surface area contributed by atoms with Gasteiger partial charge in [0.05, 0.1) is 11.7 Å². The lowest BCUT2D eigenvalue weighted by Gasteiger charge is -2.19. The summed E-state index contributed by atoms with van der Waals surface area (Å²) in [5, 5.41) is 5.64. The van der Waals surface area contributed by atoms with E-state index >= 15 is 0 Å². The molecular weight excluding hydrogens is 364 g/mol. The van der Waals surface area contributed by atoms with Crippen LogP contribution in [-0.2, 0) is 0 Å². The van der Waals surface area contributed by atoms with E-state index in [1.54, 1.807) is 10.7 Å². The second-order valence-corrected chi connectivity index (χ2v) is 7.34. The van der Waals surface area contributed by atoms with Crippen molar-refractivity contribution in [3.8, 4) is 17.2 Å². The van der Waals surface area contributed by atoms with Crippen LogP contribution in [0.1, 0.15) is 33.6 Å². The number of furan rings is 1. The molecule has 0 aliphatic rings. The van der Waals surface area contributed by atoms with E-state index < -0.39 is 0 Å². The van der Waals surface area contributed by atoms with Crippen LogP contribution >= 0.6 is 0 Å². The summed E-state index contributed by atoms with van der Waals surface area (Å²) in [6, 6.07) is 12.0. The molecule has 1 atom stereocenters. The van der Waals surface area contributed by atoms with Crippen LogP contribution in [0.4, 0.5) is 0 Å². The molecule has 0 radical (unpaired) electrons. The lowest BCUT2D eigenvalue weighted by Crippen LogP contribution is -2.25. The third-order valence-corrected chi connectivity index (χ3v) is 5.33. The number of hydrogen-bond donors (Lipinski definition) is 0. The second-order valence-electron chi connectivity index (χ2n) is 7.34. The van der Waals surface area contributed by atoms with Gasteiger partial charge in [-0.15, -0.1) is 5.10 Å². The van der Waals surface area contributed by atoms with E-state index in [1.165, 1.54) is 0 Å². The molecule has 4 aromatic rings. The van der Waals surface area contributed by atoms with Gasteiger partial charge in [-0.2, -0.15) is 0 Å². The van der Waals surface area contributed by atoms with E-state index in [9.17, 15) is 0 Å². The van der Waals surface area contributed by atoms with E-state index in [1.807, 2.05) is 42.6 Å².